The summed E-state index contributed by atoms with van der Waals surface area (Å²) in [5.41, 5.74) is 1.66. The van der Waals surface area contributed by atoms with Gasteiger partial charge in [-0.25, -0.2) is 14.4 Å². The number of amides is 1. The number of carbonyl (C=O) groups is 1. The maximum absolute atomic E-state index is 13.3. The van der Waals surface area contributed by atoms with Crippen molar-refractivity contribution < 1.29 is 9.18 Å². The van der Waals surface area contributed by atoms with Crippen LogP contribution in [0.1, 0.15) is 21.2 Å². The van der Waals surface area contributed by atoms with Crippen molar-refractivity contribution in [1.82, 2.24) is 15.0 Å². The number of hydrogen-bond acceptors (Lipinski definition) is 6. The number of thiazole rings is 1. The fourth-order valence-electron chi connectivity index (χ4n) is 2.07. The van der Waals surface area contributed by atoms with Crippen molar-refractivity contribution in [2.75, 3.05) is 10.6 Å². The minimum atomic E-state index is -0.410. The smallest absolute Gasteiger partial charge is 0.277 e. The second-order valence-electron chi connectivity index (χ2n) is 5.03. The molecule has 0 bridgehead atoms. The molecule has 122 valence electrons. The number of hydrogen-bond donors (Lipinski definition) is 2. The molecule has 0 aliphatic carbocycles. The highest BCUT2D eigenvalue weighted by Crippen LogP contribution is 2.28. The fourth-order valence-corrected chi connectivity index (χ4v) is 2.89. The minimum Gasteiger partial charge on any atom is -0.330 e. The van der Waals surface area contributed by atoms with Crippen LogP contribution in [-0.2, 0) is 0 Å². The van der Waals surface area contributed by atoms with E-state index in [0.717, 1.165) is 5.69 Å². The second-order valence-corrected chi connectivity index (χ2v) is 6.24. The van der Waals surface area contributed by atoms with Gasteiger partial charge in [-0.1, -0.05) is 0 Å². The first-order valence-electron chi connectivity index (χ1n) is 7.11. The first kappa shape index (κ1) is 16.0. The summed E-state index contributed by atoms with van der Waals surface area (Å²) in [4.78, 5) is 24.9. The van der Waals surface area contributed by atoms with Crippen molar-refractivity contribution in [3.63, 3.8) is 0 Å². The molecule has 3 heterocycles. The molecule has 0 aliphatic rings. The zero-order valence-electron chi connectivity index (χ0n) is 13.0. The molecule has 24 heavy (non-hydrogen) atoms. The highest BCUT2D eigenvalue weighted by molar-refractivity contribution is 7.16. The zero-order valence-corrected chi connectivity index (χ0v) is 13.8. The summed E-state index contributed by atoms with van der Waals surface area (Å²) in [7, 11) is 0. The van der Waals surface area contributed by atoms with Crippen LogP contribution in [0.2, 0.25) is 0 Å². The molecule has 2 N–H and O–H groups in total. The molecule has 3 aromatic rings. The number of carbonyl (C=O) groups excluding carboxylic acids is 1. The summed E-state index contributed by atoms with van der Waals surface area (Å²) < 4.78 is 13.3. The number of pyridine rings is 2. The first-order chi connectivity index (χ1) is 11.5. The van der Waals surface area contributed by atoms with Crippen LogP contribution in [0.25, 0.3) is 0 Å². The normalized spacial score (nSPS) is 10.5. The molecule has 0 spiro atoms. The predicted octanol–water partition coefficient (Wildman–Crippen LogP) is 3.68. The summed E-state index contributed by atoms with van der Waals surface area (Å²) >= 11 is 1.30. The Bertz CT molecular complexity index is 896. The van der Waals surface area contributed by atoms with E-state index in [2.05, 4.69) is 25.6 Å². The van der Waals surface area contributed by atoms with Crippen molar-refractivity contribution in [2.24, 2.45) is 0 Å². The van der Waals surface area contributed by atoms with Crippen LogP contribution in [0, 0.1) is 19.7 Å². The van der Waals surface area contributed by atoms with E-state index >= 15 is 0 Å². The van der Waals surface area contributed by atoms with E-state index in [1.807, 2.05) is 6.92 Å². The van der Waals surface area contributed by atoms with Gasteiger partial charge in [-0.3, -0.25) is 9.78 Å². The lowest BCUT2D eigenvalue weighted by Crippen LogP contribution is -2.14. The Morgan fingerprint density at radius 3 is 2.71 bits per heavy atom. The lowest BCUT2D eigenvalue weighted by atomic mass is 10.3. The number of halogens is 1. The number of aromatic nitrogens is 3. The Kier molecular flexibility index (Phi) is 4.48. The van der Waals surface area contributed by atoms with Gasteiger partial charge >= 0.3 is 0 Å². The van der Waals surface area contributed by atoms with E-state index in [0.29, 0.717) is 21.5 Å². The van der Waals surface area contributed by atoms with Crippen molar-refractivity contribution in [3.8, 4) is 0 Å². The number of rotatable bonds is 4. The standard InChI is InChI=1S/C16H14FN5OS/c1-9-7-12(4-6-18-9)21-15(23)14-16(24-10(2)20-14)22-13-8-11(17)3-5-19-13/h3-8H,1-2H3,(H,19,22)(H,18,21,23). The minimum absolute atomic E-state index is 0.234. The molecular weight excluding hydrogens is 329 g/mol. The summed E-state index contributed by atoms with van der Waals surface area (Å²) in [6.07, 6.45) is 2.97. The average molecular weight is 343 g/mol. The average Bonchev–Trinajstić information content (AvgIpc) is 2.88. The molecule has 6 nitrogen and oxygen atoms in total. The molecule has 0 aromatic carbocycles. The molecule has 8 heteroatoms. The molecule has 0 unspecified atom stereocenters. The quantitative estimate of drug-likeness (QED) is 0.755. The third kappa shape index (κ3) is 3.72. The monoisotopic (exact) mass is 343 g/mol. The second kappa shape index (κ2) is 6.71. The van der Waals surface area contributed by atoms with Gasteiger partial charge in [-0.2, -0.15) is 0 Å². The fraction of sp³-hybridized carbons (Fsp3) is 0.125. The lowest BCUT2D eigenvalue weighted by Gasteiger charge is -2.07. The summed E-state index contributed by atoms with van der Waals surface area (Å²) in [6.45, 7) is 3.63. The van der Waals surface area contributed by atoms with Gasteiger partial charge in [0.2, 0.25) is 0 Å². The van der Waals surface area contributed by atoms with E-state index in [9.17, 15) is 9.18 Å². The van der Waals surface area contributed by atoms with Gasteiger partial charge in [-0.15, -0.1) is 11.3 Å². The zero-order chi connectivity index (χ0) is 17.1. The molecule has 0 saturated heterocycles. The SMILES string of the molecule is Cc1cc(NC(=O)c2nc(C)sc2Nc2cc(F)ccn2)ccn1. The van der Waals surface area contributed by atoms with E-state index in [-0.39, 0.29) is 11.6 Å². The molecular formula is C16H14FN5OS. The Morgan fingerprint density at radius 2 is 1.96 bits per heavy atom. The third-order valence-electron chi connectivity index (χ3n) is 3.07. The molecule has 3 aromatic heterocycles. The van der Waals surface area contributed by atoms with Crippen LogP contribution in [0.5, 0.6) is 0 Å². The van der Waals surface area contributed by atoms with E-state index in [4.69, 9.17) is 0 Å². The van der Waals surface area contributed by atoms with Gasteiger partial charge in [0.1, 0.15) is 16.6 Å². The summed E-state index contributed by atoms with van der Waals surface area (Å²) in [6, 6.07) is 5.97. The van der Waals surface area contributed by atoms with Gasteiger partial charge < -0.3 is 10.6 Å². The highest BCUT2D eigenvalue weighted by Gasteiger charge is 2.18. The Labute approximate surface area is 141 Å². The molecule has 0 radical (unpaired) electrons. The van der Waals surface area contributed by atoms with Gasteiger partial charge in [0.15, 0.2) is 5.69 Å². The number of nitrogens with zero attached hydrogens (tertiary/aromatic N) is 3. The van der Waals surface area contributed by atoms with Crippen LogP contribution in [0.3, 0.4) is 0 Å². The summed E-state index contributed by atoms with van der Waals surface area (Å²) in [5.74, 6) is -0.455. The molecule has 0 fully saturated rings. The maximum atomic E-state index is 13.3. The van der Waals surface area contributed by atoms with Gasteiger partial charge in [0.05, 0.1) is 5.01 Å². The largest absolute Gasteiger partial charge is 0.330 e. The maximum Gasteiger partial charge on any atom is 0.277 e. The van der Waals surface area contributed by atoms with Crippen LogP contribution in [0.15, 0.2) is 36.7 Å². The number of nitrogens with one attached hydrogen (secondary N) is 2. The van der Waals surface area contributed by atoms with E-state index in [1.54, 1.807) is 25.3 Å². The Hall–Kier alpha value is -2.87. The van der Waals surface area contributed by atoms with Gasteiger partial charge in [0.25, 0.3) is 5.91 Å². The van der Waals surface area contributed by atoms with Crippen molar-refractivity contribution in [1.29, 1.82) is 0 Å². The van der Waals surface area contributed by atoms with Crippen molar-refractivity contribution in [2.45, 2.75) is 13.8 Å². The Morgan fingerprint density at radius 1 is 1.17 bits per heavy atom. The van der Waals surface area contributed by atoms with Gasteiger partial charge in [0, 0.05) is 29.8 Å². The molecule has 0 aliphatic heterocycles. The van der Waals surface area contributed by atoms with Crippen LogP contribution in [0.4, 0.5) is 20.9 Å². The molecule has 0 atom stereocenters. The van der Waals surface area contributed by atoms with Crippen LogP contribution in [-0.4, -0.2) is 20.9 Å². The van der Waals surface area contributed by atoms with Crippen molar-refractivity contribution in [3.05, 3.63) is 58.9 Å². The highest BCUT2D eigenvalue weighted by atomic mass is 32.1. The topological polar surface area (TPSA) is 79.8 Å². The first-order valence-corrected chi connectivity index (χ1v) is 7.93. The third-order valence-corrected chi connectivity index (χ3v) is 3.95. The Balaban J connectivity index is 1.84. The summed E-state index contributed by atoms with van der Waals surface area (Å²) in [5, 5.41) is 6.95. The van der Waals surface area contributed by atoms with E-state index < -0.39 is 5.82 Å². The number of aryl methyl sites for hydroxylation is 2. The predicted molar refractivity (Wildman–Crippen MR) is 91.3 cm³/mol. The van der Waals surface area contributed by atoms with Crippen molar-refractivity contribution >= 4 is 33.8 Å². The van der Waals surface area contributed by atoms with Gasteiger partial charge in [-0.05, 0) is 32.0 Å². The molecule has 3 rings (SSSR count). The van der Waals surface area contributed by atoms with E-state index in [1.165, 1.54) is 29.7 Å². The lowest BCUT2D eigenvalue weighted by molar-refractivity contribution is 0.102. The van der Waals surface area contributed by atoms with Crippen LogP contribution < -0.4 is 10.6 Å². The van der Waals surface area contributed by atoms with Crippen LogP contribution >= 0.6 is 11.3 Å². The molecule has 0 saturated carbocycles. The number of anilines is 3. The molecule has 1 amide bonds.